The third-order valence-corrected chi connectivity index (χ3v) is 2.69. The quantitative estimate of drug-likeness (QED) is 0.587. The number of aliphatic hydroxyl groups is 1. The lowest BCUT2D eigenvalue weighted by Crippen LogP contribution is -2.37. The number of thiocarbonyl (C=S) groups is 1. The first-order chi connectivity index (χ1) is 6.22. The molecular weight excluding hydrogens is 184 g/mol. The second-order valence-corrected chi connectivity index (χ2v) is 3.98. The van der Waals surface area contributed by atoms with Crippen molar-refractivity contribution >= 4 is 17.3 Å². The van der Waals surface area contributed by atoms with Gasteiger partial charge >= 0.3 is 0 Å². The molecule has 1 aliphatic rings. The van der Waals surface area contributed by atoms with Crippen molar-refractivity contribution in [2.45, 2.75) is 32.3 Å². The number of rotatable bonds is 3. The van der Waals surface area contributed by atoms with Crippen molar-refractivity contribution in [1.29, 1.82) is 0 Å². The minimum atomic E-state index is -0.0838. The van der Waals surface area contributed by atoms with Gasteiger partial charge in [-0.1, -0.05) is 0 Å². The number of aliphatic hydroxyl groups excluding tert-OH is 1. The van der Waals surface area contributed by atoms with E-state index in [4.69, 9.17) is 12.2 Å². The molecule has 4 heteroatoms. The van der Waals surface area contributed by atoms with Crippen LogP contribution in [0.25, 0.3) is 0 Å². The molecule has 0 saturated heterocycles. The normalized spacial score (nSPS) is 27.2. The molecule has 3 nitrogen and oxygen atoms in total. The molecule has 2 atom stereocenters. The monoisotopic (exact) mass is 202 g/mol. The average molecular weight is 202 g/mol. The SMILES string of the molecule is CCNC(=S)NCC1CCC(O)C1. The van der Waals surface area contributed by atoms with Gasteiger partial charge in [-0.2, -0.15) is 0 Å². The van der Waals surface area contributed by atoms with Crippen molar-refractivity contribution < 1.29 is 5.11 Å². The minimum absolute atomic E-state index is 0.0838. The third kappa shape index (κ3) is 3.91. The lowest BCUT2D eigenvalue weighted by atomic mass is 10.1. The van der Waals surface area contributed by atoms with Gasteiger partial charge in [0.05, 0.1) is 6.10 Å². The van der Waals surface area contributed by atoms with Crippen molar-refractivity contribution in [3.63, 3.8) is 0 Å². The zero-order chi connectivity index (χ0) is 9.68. The van der Waals surface area contributed by atoms with Gasteiger partial charge in [0.1, 0.15) is 0 Å². The van der Waals surface area contributed by atoms with Gasteiger partial charge in [-0.25, -0.2) is 0 Å². The predicted molar refractivity (Wildman–Crippen MR) is 57.6 cm³/mol. The van der Waals surface area contributed by atoms with Gasteiger partial charge in [0.15, 0.2) is 5.11 Å². The number of hydrogen-bond donors (Lipinski definition) is 3. The van der Waals surface area contributed by atoms with Gasteiger partial charge in [0, 0.05) is 13.1 Å². The maximum Gasteiger partial charge on any atom is 0.166 e. The van der Waals surface area contributed by atoms with E-state index in [1.54, 1.807) is 0 Å². The predicted octanol–water partition coefficient (Wildman–Crippen LogP) is 0.631. The van der Waals surface area contributed by atoms with E-state index in [-0.39, 0.29) is 6.10 Å². The van der Waals surface area contributed by atoms with Gasteiger partial charge in [0.2, 0.25) is 0 Å². The summed E-state index contributed by atoms with van der Waals surface area (Å²) in [5.74, 6) is 0.589. The van der Waals surface area contributed by atoms with E-state index in [9.17, 15) is 5.11 Å². The highest BCUT2D eigenvalue weighted by atomic mass is 32.1. The Labute approximate surface area is 84.9 Å². The van der Waals surface area contributed by atoms with Crippen molar-refractivity contribution in [3.05, 3.63) is 0 Å². The Kier molecular flexibility index (Phi) is 4.45. The first-order valence-corrected chi connectivity index (χ1v) is 5.33. The molecule has 1 fully saturated rings. The third-order valence-electron chi connectivity index (χ3n) is 2.40. The lowest BCUT2D eigenvalue weighted by Gasteiger charge is -2.12. The molecular formula is C9H18N2OS. The number of nitrogens with one attached hydrogen (secondary N) is 2. The van der Waals surface area contributed by atoms with Gasteiger partial charge < -0.3 is 15.7 Å². The smallest absolute Gasteiger partial charge is 0.166 e. The first kappa shape index (κ1) is 10.7. The fourth-order valence-electron chi connectivity index (χ4n) is 1.69. The van der Waals surface area contributed by atoms with Crippen molar-refractivity contribution in [2.24, 2.45) is 5.92 Å². The molecule has 76 valence electrons. The molecule has 13 heavy (non-hydrogen) atoms. The molecule has 0 heterocycles. The first-order valence-electron chi connectivity index (χ1n) is 4.92. The summed E-state index contributed by atoms with van der Waals surface area (Å²) < 4.78 is 0. The van der Waals surface area contributed by atoms with Crippen molar-refractivity contribution in [1.82, 2.24) is 10.6 Å². The molecule has 0 bridgehead atoms. The highest BCUT2D eigenvalue weighted by Gasteiger charge is 2.22. The van der Waals surface area contributed by atoms with E-state index in [2.05, 4.69) is 10.6 Å². The van der Waals surface area contributed by atoms with Crippen LogP contribution < -0.4 is 10.6 Å². The number of hydrogen-bond acceptors (Lipinski definition) is 2. The molecule has 1 rings (SSSR count). The zero-order valence-corrected chi connectivity index (χ0v) is 8.86. The van der Waals surface area contributed by atoms with E-state index in [0.29, 0.717) is 5.92 Å². The topological polar surface area (TPSA) is 44.3 Å². The Balaban J connectivity index is 2.09. The van der Waals surface area contributed by atoms with Crippen LogP contribution in [0, 0.1) is 5.92 Å². The van der Waals surface area contributed by atoms with Gasteiger partial charge in [-0.05, 0) is 44.3 Å². The molecule has 0 aliphatic heterocycles. The van der Waals surface area contributed by atoms with Gasteiger partial charge in [0.25, 0.3) is 0 Å². The molecule has 0 aromatic rings. The van der Waals surface area contributed by atoms with Crippen LogP contribution in [-0.2, 0) is 0 Å². The second kappa shape index (κ2) is 5.40. The molecule has 0 spiro atoms. The van der Waals surface area contributed by atoms with Gasteiger partial charge in [-0.3, -0.25) is 0 Å². The summed E-state index contributed by atoms with van der Waals surface area (Å²) in [5, 5.41) is 16.2. The molecule has 0 amide bonds. The van der Waals surface area contributed by atoms with E-state index in [1.807, 2.05) is 6.92 Å². The molecule has 0 aromatic carbocycles. The van der Waals surface area contributed by atoms with Crippen molar-refractivity contribution in [3.8, 4) is 0 Å². The maximum atomic E-state index is 9.29. The van der Waals surface area contributed by atoms with Crippen LogP contribution in [-0.4, -0.2) is 29.4 Å². The Hall–Kier alpha value is -0.350. The minimum Gasteiger partial charge on any atom is -0.393 e. The summed E-state index contributed by atoms with van der Waals surface area (Å²) in [6.07, 6.45) is 2.89. The van der Waals surface area contributed by atoms with E-state index >= 15 is 0 Å². The average Bonchev–Trinajstić information content (AvgIpc) is 2.49. The lowest BCUT2D eigenvalue weighted by molar-refractivity contribution is 0.178. The molecule has 1 saturated carbocycles. The van der Waals surface area contributed by atoms with Crippen LogP contribution in [0.4, 0.5) is 0 Å². The summed E-state index contributed by atoms with van der Waals surface area (Å²) in [6.45, 7) is 3.77. The van der Waals surface area contributed by atoms with Crippen LogP contribution in [0.3, 0.4) is 0 Å². The van der Waals surface area contributed by atoms with E-state index < -0.39 is 0 Å². The standard InChI is InChI=1S/C9H18N2OS/c1-2-10-9(13)11-6-7-3-4-8(12)5-7/h7-8,12H,2-6H2,1H3,(H2,10,11,13). The van der Waals surface area contributed by atoms with Crippen LogP contribution >= 0.6 is 12.2 Å². The summed E-state index contributed by atoms with van der Waals surface area (Å²) in [4.78, 5) is 0. The second-order valence-electron chi connectivity index (χ2n) is 3.57. The van der Waals surface area contributed by atoms with Gasteiger partial charge in [-0.15, -0.1) is 0 Å². The highest BCUT2D eigenvalue weighted by molar-refractivity contribution is 7.80. The summed E-state index contributed by atoms with van der Waals surface area (Å²) in [7, 11) is 0. The zero-order valence-electron chi connectivity index (χ0n) is 8.05. The Morgan fingerprint density at radius 1 is 1.46 bits per heavy atom. The molecule has 2 unspecified atom stereocenters. The highest BCUT2D eigenvalue weighted by Crippen LogP contribution is 2.24. The molecule has 3 N–H and O–H groups in total. The summed E-state index contributed by atoms with van der Waals surface area (Å²) >= 11 is 5.03. The van der Waals surface area contributed by atoms with Crippen LogP contribution in [0.5, 0.6) is 0 Å². The Morgan fingerprint density at radius 3 is 2.77 bits per heavy atom. The fourth-order valence-corrected chi connectivity index (χ4v) is 1.92. The Morgan fingerprint density at radius 2 is 2.23 bits per heavy atom. The van der Waals surface area contributed by atoms with Crippen LogP contribution in [0.2, 0.25) is 0 Å². The Bertz CT molecular complexity index is 175. The molecule has 0 radical (unpaired) electrons. The summed E-state index contributed by atoms with van der Waals surface area (Å²) in [6, 6.07) is 0. The maximum absolute atomic E-state index is 9.29. The largest absolute Gasteiger partial charge is 0.393 e. The summed E-state index contributed by atoms with van der Waals surface area (Å²) in [5.41, 5.74) is 0. The van der Waals surface area contributed by atoms with E-state index in [0.717, 1.165) is 37.5 Å². The van der Waals surface area contributed by atoms with E-state index in [1.165, 1.54) is 0 Å². The fraction of sp³-hybridized carbons (Fsp3) is 0.889. The molecule has 1 aliphatic carbocycles. The van der Waals surface area contributed by atoms with Crippen LogP contribution in [0.15, 0.2) is 0 Å². The molecule has 0 aromatic heterocycles. The van der Waals surface area contributed by atoms with Crippen LogP contribution in [0.1, 0.15) is 26.2 Å². The van der Waals surface area contributed by atoms with Crippen molar-refractivity contribution in [2.75, 3.05) is 13.1 Å².